The molecule has 0 bridgehead atoms. The predicted molar refractivity (Wildman–Crippen MR) is 77.8 cm³/mol. The van der Waals surface area contributed by atoms with Crippen LogP contribution in [0, 0.1) is 0 Å². The number of ether oxygens (including phenoxy) is 2. The number of aryl methyl sites for hydroxylation is 1. The number of carbonyl (C=O) groups excluding carboxylic acids is 1. The van der Waals surface area contributed by atoms with Crippen LogP contribution in [0.25, 0.3) is 0 Å². The average molecular weight is 313 g/mol. The van der Waals surface area contributed by atoms with E-state index in [0.717, 1.165) is 11.3 Å². The highest BCUT2D eigenvalue weighted by Crippen LogP contribution is 2.18. The number of hydrogen-bond acceptors (Lipinski definition) is 5. The van der Waals surface area contributed by atoms with E-state index >= 15 is 0 Å². The maximum atomic E-state index is 12.2. The molecule has 1 saturated heterocycles. The molecule has 1 aliphatic rings. The topological polar surface area (TPSA) is 84.9 Å². The summed E-state index contributed by atoms with van der Waals surface area (Å²) in [7, 11) is 0. The second-order valence-corrected chi connectivity index (χ2v) is 5.97. The first-order valence-corrected chi connectivity index (χ1v) is 7.72. The number of carbonyl (C=O) groups is 2. The highest BCUT2D eigenvalue weighted by atomic mass is 32.1. The SMILES string of the molecule is CCc1ccc(C(=O)N[C@@H]2CCOC[C@H]2OCC(=O)O)s1. The first kappa shape index (κ1) is 15.9. The largest absolute Gasteiger partial charge is 0.480 e. The normalized spacial score (nSPS) is 22.0. The van der Waals surface area contributed by atoms with Crippen LogP contribution in [0.15, 0.2) is 12.1 Å². The van der Waals surface area contributed by atoms with Crippen LogP contribution in [0.2, 0.25) is 0 Å². The van der Waals surface area contributed by atoms with Crippen LogP contribution in [0.4, 0.5) is 0 Å². The van der Waals surface area contributed by atoms with Gasteiger partial charge in [-0.2, -0.15) is 0 Å². The Bertz CT molecular complexity index is 501. The summed E-state index contributed by atoms with van der Waals surface area (Å²) in [5.74, 6) is -1.17. The molecule has 2 atom stereocenters. The fourth-order valence-corrected chi connectivity index (χ4v) is 3.00. The molecule has 1 aromatic rings. The van der Waals surface area contributed by atoms with E-state index < -0.39 is 12.1 Å². The molecule has 0 spiro atoms. The van der Waals surface area contributed by atoms with Gasteiger partial charge in [0.15, 0.2) is 0 Å². The van der Waals surface area contributed by atoms with Crippen LogP contribution in [-0.2, 0) is 20.7 Å². The Hall–Kier alpha value is -1.44. The maximum absolute atomic E-state index is 12.2. The molecule has 0 saturated carbocycles. The third-order valence-corrected chi connectivity index (χ3v) is 4.50. The van der Waals surface area contributed by atoms with Crippen molar-refractivity contribution in [2.45, 2.75) is 31.9 Å². The van der Waals surface area contributed by atoms with Crippen molar-refractivity contribution in [3.05, 3.63) is 21.9 Å². The van der Waals surface area contributed by atoms with E-state index in [2.05, 4.69) is 5.32 Å². The van der Waals surface area contributed by atoms with Crippen LogP contribution in [-0.4, -0.2) is 48.9 Å². The fraction of sp³-hybridized carbons (Fsp3) is 0.571. The number of thiophene rings is 1. The molecule has 0 aromatic carbocycles. The third-order valence-electron chi connectivity index (χ3n) is 3.28. The molecule has 2 N–H and O–H groups in total. The van der Waals surface area contributed by atoms with E-state index in [1.54, 1.807) is 0 Å². The van der Waals surface area contributed by atoms with Gasteiger partial charge in [-0.25, -0.2) is 4.79 Å². The highest BCUT2D eigenvalue weighted by Gasteiger charge is 2.29. The zero-order valence-electron chi connectivity index (χ0n) is 11.8. The highest BCUT2D eigenvalue weighted by molar-refractivity contribution is 7.14. The van der Waals surface area contributed by atoms with Gasteiger partial charge in [0.05, 0.1) is 17.5 Å². The Morgan fingerprint density at radius 2 is 2.33 bits per heavy atom. The molecule has 0 aliphatic carbocycles. The van der Waals surface area contributed by atoms with Gasteiger partial charge in [0.1, 0.15) is 12.7 Å². The van der Waals surface area contributed by atoms with Crippen molar-refractivity contribution in [3.63, 3.8) is 0 Å². The molecule has 2 rings (SSSR count). The molecule has 1 aliphatic heterocycles. The Kier molecular flexibility index (Phi) is 5.72. The zero-order valence-corrected chi connectivity index (χ0v) is 12.6. The summed E-state index contributed by atoms with van der Waals surface area (Å²) in [6.07, 6.45) is 1.09. The molecule has 1 amide bonds. The Balaban J connectivity index is 1.94. The van der Waals surface area contributed by atoms with Crippen LogP contribution in [0.1, 0.15) is 27.9 Å². The lowest BCUT2D eigenvalue weighted by Crippen LogP contribution is -2.50. The summed E-state index contributed by atoms with van der Waals surface area (Å²) >= 11 is 1.47. The van der Waals surface area contributed by atoms with E-state index in [-0.39, 0.29) is 18.6 Å². The number of hydrogen-bond donors (Lipinski definition) is 2. The van der Waals surface area contributed by atoms with E-state index in [1.807, 2.05) is 19.1 Å². The minimum Gasteiger partial charge on any atom is -0.480 e. The predicted octanol–water partition coefficient (Wildman–Crippen LogP) is 1.30. The number of aliphatic carboxylic acids is 1. The third kappa shape index (κ3) is 4.52. The lowest BCUT2D eigenvalue weighted by atomic mass is 10.1. The lowest BCUT2D eigenvalue weighted by molar-refractivity contribution is -0.148. The van der Waals surface area contributed by atoms with Gasteiger partial charge < -0.3 is 19.9 Å². The lowest BCUT2D eigenvalue weighted by Gasteiger charge is -2.31. The number of nitrogens with one attached hydrogen (secondary N) is 1. The molecule has 2 heterocycles. The van der Waals surface area contributed by atoms with Crippen LogP contribution >= 0.6 is 11.3 Å². The minimum atomic E-state index is -1.03. The second-order valence-electron chi connectivity index (χ2n) is 4.81. The standard InChI is InChI=1S/C14H19NO5S/c1-2-9-3-4-12(21-9)14(18)15-10-5-6-19-7-11(10)20-8-13(16)17/h3-4,10-11H,2,5-8H2,1H3,(H,15,18)(H,16,17)/t10-,11-/m1/s1. The van der Waals surface area contributed by atoms with E-state index in [9.17, 15) is 9.59 Å². The van der Waals surface area contributed by atoms with Crippen molar-refractivity contribution in [2.75, 3.05) is 19.8 Å². The van der Waals surface area contributed by atoms with Gasteiger partial charge >= 0.3 is 5.97 Å². The molecular formula is C14H19NO5S. The van der Waals surface area contributed by atoms with Crippen molar-refractivity contribution >= 4 is 23.2 Å². The smallest absolute Gasteiger partial charge is 0.329 e. The number of rotatable bonds is 6. The number of amides is 1. The Morgan fingerprint density at radius 1 is 1.52 bits per heavy atom. The van der Waals surface area contributed by atoms with E-state index in [0.29, 0.717) is 24.5 Å². The van der Waals surface area contributed by atoms with Crippen molar-refractivity contribution < 1.29 is 24.2 Å². The molecule has 0 radical (unpaired) electrons. The van der Waals surface area contributed by atoms with Gasteiger partial charge in [0.2, 0.25) is 0 Å². The van der Waals surface area contributed by atoms with Crippen molar-refractivity contribution in [2.24, 2.45) is 0 Å². The summed E-state index contributed by atoms with van der Waals surface area (Å²) in [6, 6.07) is 3.53. The molecule has 0 unspecified atom stereocenters. The molecule has 116 valence electrons. The quantitative estimate of drug-likeness (QED) is 0.827. The summed E-state index contributed by atoms with van der Waals surface area (Å²) in [5.41, 5.74) is 0. The summed E-state index contributed by atoms with van der Waals surface area (Å²) in [6.45, 7) is 2.48. The summed E-state index contributed by atoms with van der Waals surface area (Å²) in [5, 5.41) is 11.6. The van der Waals surface area contributed by atoms with Gasteiger partial charge in [-0.15, -0.1) is 11.3 Å². The zero-order chi connectivity index (χ0) is 15.2. The van der Waals surface area contributed by atoms with Gasteiger partial charge in [-0.05, 0) is 25.0 Å². The van der Waals surface area contributed by atoms with Crippen molar-refractivity contribution in [1.82, 2.24) is 5.32 Å². The fourth-order valence-electron chi connectivity index (χ4n) is 2.15. The summed E-state index contributed by atoms with van der Waals surface area (Å²) in [4.78, 5) is 24.6. The van der Waals surface area contributed by atoms with Crippen LogP contribution < -0.4 is 5.32 Å². The van der Waals surface area contributed by atoms with Gasteiger partial charge in [0.25, 0.3) is 5.91 Å². The molecule has 1 aromatic heterocycles. The first-order chi connectivity index (χ1) is 10.1. The first-order valence-electron chi connectivity index (χ1n) is 6.91. The van der Waals surface area contributed by atoms with E-state index in [1.165, 1.54) is 11.3 Å². The monoisotopic (exact) mass is 313 g/mol. The van der Waals surface area contributed by atoms with Crippen molar-refractivity contribution in [3.8, 4) is 0 Å². The molecule has 7 heteroatoms. The minimum absolute atomic E-state index is 0.143. The van der Waals surface area contributed by atoms with Crippen LogP contribution in [0.3, 0.4) is 0 Å². The number of carboxylic acids is 1. The maximum Gasteiger partial charge on any atom is 0.329 e. The second kappa shape index (κ2) is 7.53. The van der Waals surface area contributed by atoms with Crippen LogP contribution in [0.5, 0.6) is 0 Å². The number of carboxylic acid groups (broad SMARTS) is 1. The van der Waals surface area contributed by atoms with Crippen molar-refractivity contribution in [1.29, 1.82) is 0 Å². The van der Waals surface area contributed by atoms with Gasteiger partial charge in [-0.1, -0.05) is 6.92 Å². The van der Waals surface area contributed by atoms with Gasteiger partial charge in [-0.3, -0.25) is 4.79 Å². The molecule has 21 heavy (non-hydrogen) atoms. The molecular weight excluding hydrogens is 294 g/mol. The molecule has 6 nitrogen and oxygen atoms in total. The average Bonchev–Trinajstić information content (AvgIpc) is 2.95. The molecule has 1 fully saturated rings. The Morgan fingerprint density at radius 3 is 3.00 bits per heavy atom. The van der Waals surface area contributed by atoms with E-state index in [4.69, 9.17) is 14.6 Å². The Labute approximate surface area is 127 Å². The summed E-state index contributed by atoms with van der Waals surface area (Å²) < 4.78 is 10.6. The van der Waals surface area contributed by atoms with Gasteiger partial charge in [0, 0.05) is 11.5 Å².